The quantitative estimate of drug-likeness (QED) is 0.420. The fourth-order valence-electron chi connectivity index (χ4n) is 4.32. The van der Waals surface area contributed by atoms with Crippen LogP contribution in [0.15, 0.2) is 77.3 Å². The van der Waals surface area contributed by atoms with Crippen molar-refractivity contribution >= 4 is 28.0 Å². The van der Waals surface area contributed by atoms with Gasteiger partial charge in [0.05, 0.1) is 11.3 Å². The van der Waals surface area contributed by atoms with Crippen molar-refractivity contribution in [1.82, 2.24) is 0 Å². The number of hydrogen-bond acceptors (Lipinski definition) is 4. The molecule has 3 aromatic rings. The van der Waals surface area contributed by atoms with E-state index in [9.17, 15) is 32.2 Å². The molecule has 0 spiro atoms. The summed E-state index contributed by atoms with van der Waals surface area (Å²) in [6.07, 6.45) is -4.85. The number of aliphatic carboxylic acids is 1. The summed E-state index contributed by atoms with van der Waals surface area (Å²) in [4.78, 5) is 12.6. The predicted octanol–water partition coefficient (Wildman–Crippen LogP) is 6.18. The SMILES string of the molecule is Cc1cc(C)cc(C2=C(C(=O)O)N(c3ccccc3C(F)(F)F)[SH2](O)(O)c3ccccc32)c1. The minimum atomic E-state index is -4.92. The highest BCUT2D eigenvalue weighted by Crippen LogP contribution is 2.63. The van der Waals surface area contributed by atoms with Crippen LogP contribution in [0.5, 0.6) is 0 Å². The Hall–Kier alpha value is -3.27. The monoisotopic (exact) mass is 477 g/mol. The van der Waals surface area contributed by atoms with E-state index in [1.165, 1.54) is 18.2 Å². The minimum Gasteiger partial charge on any atom is -0.477 e. The Balaban J connectivity index is 2.17. The number of carbonyl (C=O) groups is 1. The van der Waals surface area contributed by atoms with Crippen molar-refractivity contribution in [1.29, 1.82) is 0 Å². The smallest absolute Gasteiger partial charge is 0.418 e. The Morgan fingerprint density at radius 1 is 0.909 bits per heavy atom. The van der Waals surface area contributed by atoms with Gasteiger partial charge in [0.25, 0.3) is 0 Å². The van der Waals surface area contributed by atoms with Crippen LogP contribution in [-0.4, -0.2) is 20.2 Å². The van der Waals surface area contributed by atoms with Crippen LogP contribution in [0, 0.1) is 13.8 Å². The molecule has 4 rings (SSSR count). The second-order valence-electron chi connectivity index (χ2n) is 7.94. The molecule has 0 atom stereocenters. The molecule has 174 valence electrons. The average Bonchev–Trinajstić information content (AvgIpc) is 2.72. The van der Waals surface area contributed by atoms with E-state index in [2.05, 4.69) is 0 Å². The van der Waals surface area contributed by atoms with Gasteiger partial charge in [-0.2, -0.15) is 13.2 Å². The molecular weight excluding hydrogens is 455 g/mol. The van der Waals surface area contributed by atoms with E-state index in [4.69, 9.17) is 0 Å². The Kier molecular flexibility index (Phi) is 5.52. The van der Waals surface area contributed by atoms with Crippen LogP contribution in [0.3, 0.4) is 0 Å². The van der Waals surface area contributed by atoms with Gasteiger partial charge >= 0.3 is 12.1 Å². The Labute approximate surface area is 189 Å². The highest BCUT2D eigenvalue weighted by Gasteiger charge is 2.42. The van der Waals surface area contributed by atoms with Crippen molar-refractivity contribution in [2.45, 2.75) is 24.9 Å². The summed E-state index contributed by atoms with van der Waals surface area (Å²) in [5.41, 5.74) is 0.0696. The topological polar surface area (TPSA) is 81.0 Å². The van der Waals surface area contributed by atoms with E-state index in [1.807, 2.05) is 19.9 Å². The van der Waals surface area contributed by atoms with Gasteiger partial charge in [0.15, 0.2) is 5.70 Å². The van der Waals surface area contributed by atoms with E-state index < -0.39 is 39.9 Å². The lowest BCUT2D eigenvalue weighted by atomic mass is 9.92. The molecule has 9 heteroatoms. The van der Waals surface area contributed by atoms with Gasteiger partial charge in [-0.3, -0.25) is 4.31 Å². The lowest BCUT2D eigenvalue weighted by molar-refractivity contribution is -0.137. The second kappa shape index (κ2) is 7.95. The molecule has 0 aliphatic carbocycles. The number of carboxylic acid groups (broad SMARTS) is 1. The number of hydrogen-bond donors (Lipinski definition) is 3. The van der Waals surface area contributed by atoms with E-state index in [1.54, 1.807) is 24.3 Å². The molecule has 1 aliphatic heterocycles. The molecule has 3 aromatic carbocycles. The molecule has 0 saturated heterocycles. The van der Waals surface area contributed by atoms with Crippen molar-refractivity contribution in [3.05, 3.63) is 100 Å². The number of rotatable bonds is 3. The number of carboxylic acids is 1. The lowest BCUT2D eigenvalue weighted by Gasteiger charge is -2.54. The van der Waals surface area contributed by atoms with E-state index in [0.29, 0.717) is 9.87 Å². The van der Waals surface area contributed by atoms with Gasteiger partial charge in [0.1, 0.15) is 0 Å². The number of anilines is 1. The zero-order valence-electron chi connectivity index (χ0n) is 17.7. The molecule has 0 amide bonds. The first-order chi connectivity index (χ1) is 15.4. The number of para-hydroxylation sites is 1. The Morgan fingerprint density at radius 2 is 1.48 bits per heavy atom. The number of benzene rings is 3. The van der Waals surface area contributed by atoms with Crippen LogP contribution >= 0.6 is 10.8 Å². The molecule has 3 N–H and O–H groups in total. The van der Waals surface area contributed by atoms with E-state index >= 15 is 0 Å². The zero-order valence-corrected chi connectivity index (χ0v) is 18.7. The Bertz CT molecular complexity index is 1280. The van der Waals surface area contributed by atoms with Gasteiger partial charge in [-0.05, 0) is 37.6 Å². The highest BCUT2D eigenvalue weighted by molar-refractivity contribution is 8.25. The van der Waals surface area contributed by atoms with Crippen LogP contribution < -0.4 is 4.31 Å². The number of aryl methyl sites for hydroxylation is 2. The van der Waals surface area contributed by atoms with Gasteiger partial charge < -0.3 is 14.2 Å². The third-order valence-corrected chi connectivity index (χ3v) is 7.74. The van der Waals surface area contributed by atoms with Crippen molar-refractivity contribution in [2.24, 2.45) is 0 Å². The van der Waals surface area contributed by atoms with Crippen LogP contribution in [0.2, 0.25) is 0 Å². The van der Waals surface area contributed by atoms with Crippen LogP contribution in [0.4, 0.5) is 18.9 Å². The predicted molar refractivity (Wildman–Crippen MR) is 124 cm³/mol. The molecule has 0 fully saturated rings. The van der Waals surface area contributed by atoms with Gasteiger partial charge in [0.2, 0.25) is 0 Å². The van der Waals surface area contributed by atoms with Crippen molar-refractivity contribution < 1.29 is 32.2 Å². The van der Waals surface area contributed by atoms with Crippen molar-refractivity contribution in [3.8, 4) is 0 Å². The summed E-state index contributed by atoms with van der Waals surface area (Å²) in [5.74, 6) is -1.57. The van der Waals surface area contributed by atoms with Crippen LogP contribution in [-0.2, 0) is 11.0 Å². The maximum Gasteiger partial charge on any atom is 0.418 e. The van der Waals surface area contributed by atoms with Gasteiger partial charge in [-0.15, -0.1) is 0 Å². The molecule has 0 saturated carbocycles. The van der Waals surface area contributed by atoms with Crippen LogP contribution in [0.25, 0.3) is 5.57 Å². The molecule has 1 aliphatic rings. The minimum absolute atomic E-state index is 0.00105. The first-order valence-electron chi connectivity index (χ1n) is 10.00. The first kappa shape index (κ1) is 22.9. The zero-order chi connectivity index (χ0) is 24.1. The normalized spacial score (nSPS) is 16.4. The summed E-state index contributed by atoms with van der Waals surface area (Å²) in [7, 11) is -4.92. The molecule has 0 bridgehead atoms. The number of nitrogens with zero attached hydrogens (tertiary/aromatic N) is 1. The molecule has 0 unspecified atom stereocenters. The molecular formula is C24H22F3NO4S. The number of alkyl halides is 3. The maximum atomic E-state index is 13.9. The summed E-state index contributed by atoms with van der Waals surface area (Å²) in [6.45, 7) is 3.64. The lowest BCUT2D eigenvalue weighted by Crippen LogP contribution is -2.36. The van der Waals surface area contributed by atoms with Gasteiger partial charge in [-0.25, -0.2) is 15.6 Å². The largest absolute Gasteiger partial charge is 0.477 e. The molecule has 1 heterocycles. The summed E-state index contributed by atoms with van der Waals surface area (Å²) in [5, 5.41) is 10.2. The second-order valence-corrected chi connectivity index (χ2v) is 10.2. The summed E-state index contributed by atoms with van der Waals surface area (Å²) < 4.78 is 64.7. The Morgan fingerprint density at radius 3 is 2.09 bits per heavy atom. The highest BCUT2D eigenvalue weighted by atomic mass is 32.3. The number of fused-ring (bicyclic) bond motifs is 1. The molecule has 0 aromatic heterocycles. The number of halogens is 3. The molecule has 0 radical (unpaired) electrons. The van der Waals surface area contributed by atoms with E-state index in [-0.39, 0.29) is 16.0 Å². The van der Waals surface area contributed by atoms with Crippen molar-refractivity contribution in [3.63, 3.8) is 0 Å². The third-order valence-electron chi connectivity index (χ3n) is 5.49. The summed E-state index contributed by atoms with van der Waals surface area (Å²) in [6, 6.07) is 15.7. The molecule has 33 heavy (non-hydrogen) atoms. The third kappa shape index (κ3) is 3.88. The van der Waals surface area contributed by atoms with Gasteiger partial charge in [0, 0.05) is 16.0 Å². The summed E-state index contributed by atoms with van der Waals surface area (Å²) >= 11 is 0. The fourth-order valence-corrected chi connectivity index (χ4v) is 6.50. The van der Waals surface area contributed by atoms with Crippen molar-refractivity contribution in [2.75, 3.05) is 4.31 Å². The van der Waals surface area contributed by atoms with Crippen LogP contribution in [0.1, 0.15) is 27.8 Å². The van der Waals surface area contributed by atoms with E-state index in [0.717, 1.165) is 29.3 Å². The average molecular weight is 478 g/mol. The molecule has 5 nitrogen and oxygen atoms in total. The fraction of sp³-hybridized carbons (Fsp3) is 0.125. The standard InChI is InChI=1S/C24H22F3NO4S/c1-14-11-15(2)13-16(12-14)21-17-7-3-6-10-20(17)33(31,32)28(22(21)23(29)30)19-9-5-4-8-18(19)24(25,26)27/h3-13,31-32H,33H2,1-2H3,(H,29,30). The first-order valence-corrected chi connectivity index (χ1v) is 11.8. The van der Waals surface area contributed by atoms with Gasteiger partial charge in [-0.1, -0.05) is 59.7 Å². The maximum absolute atomic E-state index is 13.9.